The van der Waals surface area contributed by atoms with Gasteiger partial charge in [-0.3, -0.25) is 0 Å². The second-order valence-electron chi connectivity index (χ2n) is 3.01. The molecular formula is C11H7BrCl2S. The lowest BCUT2D eigenvalue weighted by Crippen LogP contribution is -1.92. The molecule has 1 aromatic carbocycles. The molecule has 0 aliphatic carbocycles. The van der Waals surface area contributed by atoms with E-state index in [4.69, 9.17) is 23.2 Å². The minimum atomic E-state index is 0.0682. The number of hydrogen-bond donors (Lipinski definition) is 0. The van der Waals surface area contributed by atoms with Gasteiger partial charge in [0.2, 0.25) is 0 Å². The molecule has 0 radical (unpaired) electrons. The quantitative estimate of drug-likeness (QED) is 0.637. The van der Waals surface area contributed by atoms with Gasteiger partial charge < -0.3 is 0 Å². The van der Waals surface area contributed by atoms with E-state index in [-0.39, 0.29) is 4.83 Å². The van der Waals surface area contributed by atoms with Crippen molar-refractivity contribution in [3.8, 4) is 0 Å². The zero-order chi connectivity index (χ0) is 10.8. The number of hydrogen-bond acceptors (Lipinski definition) is 1. The van der Waals surface area contributed by atoms with Crippen LogP contribution in [0.3, 0.4) is 0 Å². The second kappa shape index (κ2) is 4.88. The molecule has 0 saturated carbocycles. The predicted octanol–water partition coefficient (Wildman–Crippen LogP) is 5.54. The van der Waals surface area contributed by atoms with Crippen molar-refractivity contribution in [1.29, 1.82) is 0 Å². The number of halogens is 3. The third-order valence-corrected chi connectivity index (χ3v) is 4.90. The van der Waals surface area contributed by atoms with Crippen LogP contribution in [0.2, 0.25) is 10.0 Å². The average molecular weight is 322 g/mol. The molecule has 2 rings (SSSR count). The molecule has 78 valence electrons. The smallest absolute Gasteiger partial charge is 0.0767 e. The Morgan fingerprint density at radius 3 is 2.27 bits per heavy atom. The number of rotatable bonds is 2. The molecule has 0 fully saturated rings. The highest BCUT2D eigenvalue weighted by Crippen LogP contribution is 2.40. The van der Waals surface area contributed by atoms with Gasteiger partial charge in [0.05, 0.1) is 4.83 Å². The Kier molecular flexibility index (Phi) is 3.73. The maximum Gasteiger partial charge on any atom is 0.0767 e. The Bertz CT molecular complexity index is 433. The largest absolute Gasteiger partial charge is 0.147 e. The van der Waals surface area contributed by atoms with E-state index >= 15 is 0 Å². The Hall–Kier alpha value is -0.0200. The van der Waals surface area contributed by atoms with Crippen LogP contribution < -0.4 is 0 Å². The first kappa shape index (κ1) is 11.5. The molecule has 1 unspecified atom stereocenters. The summed E-state index contributed by atoms with van der Waals surface area (Å²) < 4.78 is 0. The molecule has 0 N–H and O–H groups in total. The molecule has 15 heavy (non-hydrogen) atoms. The minimum Gasteiger partial charge on any atom is -0.147 e. The zero-order valence-electron chi connectivity index (χ0n) is 7.58. The Morgan fingerprint density at radius 1 is 1.07 bits per heavy atom. The molecule has 0 nitrogen and oxygen atoms in total. The van der Waals surface area contributed by atoms with Crippen molar-refractivity contribution in [3.05, 3.63) is 56.2 Å². The van der Waals surface area contributed by atoms with Crippen LogP contribution in [-0.2, 0) is 0 Å². The molecule has 0 saturated heterocycles. The summed E-state index contributed by atoms with van der Waals surface area (Å²) in [5.74, 6) is 0. The van der Waals surface area contributed by atoms with Gasteiger partial charge in [-0.05, 0) is 23.6 Å². The van der Waals surface area contributed by atoms with Crippen LogP contribution in [0.4, 0.5) is 0 Å². The fourth-order valence-corrected chi connectivity index (χ4v) is 3.89. The summed E-state index contributed by atoms with van der Waals surface area (Å²) in [6, 6.07) is 9.63. The molecule has 1 aromatic heterocycles. The highest BCUT2D eigenvalue weighted by atomic mass is 79.9. The van der Waals surface area contributed by atoms with E-state index in [0.717, 1.165) is 5.56 Å². The molecular weight excluding hydrogens is 315 g/mol. The molecule has 0 spiro atoms. The van der Waals surface area contributed by atoms with Crippen molar-refractivity contribution in [3.63, 3.8) is 0 Å². The molecule has 1 heterocycles. The Labute approximate surface area is 111 Å². The third-order valence-electron chi connectivity index (χ3n) is 2.05. The first-order valence-electron chi connectivity index (χ1n) is 4.31. The normalized spacial score (nSPS) is 12.7. The van der Waals surface area contributed by atoms with Crippen LogP contribution >= 0.6 is 50.5 Å². The fraction of sp³-hybridized carbons (Fsp3) is 0.0909. The number of alkyl halides is 1. The van der Waals surface area contributed by atoms with Gasteiger partial charge in [-0.25, -0.2) is 0 Å². The van der Waals surface area contributed by atoms with Crippen LogP contribution in [0.15, 0.2) is 35.7 Å². The van der Waals surface area contributed by atoms with E-state index in [1.165, 1.54) is 4.88 Å². The van der Waals surface area contributed by atoms with Crippen LogP contribution in [0, 0.1) is 0 Å². The summed E-state index contributed by atoms with van der Waals surface area (Å²) in [7, 11) is 0. The number of benzene rings is 1. The SMILES string of the molecule is Clc1cccc(Cl)c1C(Br)c1cccs1. The molecule has 1 atom stereocenters. The van der Waals surface area contributed by atoms with Crippen LogP contribution in [-0.4, -0.2) is 0 Å². The predicted molar refractivity (Wildman–Crippen MR) is 71.6 cm³/mol. The summed E-state index contributed by atoms with van der Waals surface area (Å²) >= 11 is 17.6. The first-order chi connectivity index (χ1) is 7.20. The molecule has 0 bridgehead atoms. The highest BCUT2D eigenvalue weighted by molar-refractivity contribution is 9.09. The van der Waals surface area contributed by atoms with E-state index in [0.29, 0.717) is 10.0 Å². The Balaban J connectivity index is 2.46. The summed E-state index contributed by atoms with van der Waals surface area (Å²) in [5, 5.41) is 3.42. The first-order valence-corrected chi connectivity index (χ1v) is 6.86. The molecule has 0 aliphatic rings. The van der Waals surface area contributed by atoms with E-state index in [9.17, 15) is 0 Å². The average Bonchev–Trinajstić information content (AvgIpc) is 2.69. The van der Waals surface area contributed by atoms with Gasteiger partial charge in [0.1, 0.15) is 0 Å². The van der Waals surface area contributed by atoms with Gasteiger partial charge in [-0.2, -0.15) is 0 Å². The minimum absolute atomic E-state index is 0.0682. The molecule has 4 heteroatoms. The van der Waals surface area contributed by atoms with E-state index < -0.39 is 0 Å². The molecule has 0 aliphatic heterocycles. The summed E-state index contributed by atoms with van der Waals surface area (Å²) in [6.07, 6.45) is 0. The fourth-order valence-electron chi connectivity index (χ4n) is 1.33. The van der Waals surface area contributed by atoms with Gasteiger partial charge in [0.15, 0.2) is 0 Å². The van der Waals surface area contributed by atoms with Gasteiger partial charge in [-0.15, -0.1) is 11.3 Å². The van der Waals surface area contributed by atoms with E-state index in [1.807, 2.05) is 29.6 Å². The molecule has 2 aromatic rings. The van der Waals surface area contributed by atoms with Crippen LogP contribution in [0.5, 0.6) is 0 Å². The van der Waals surface area contributed by atoms with E-state index in [1.54, 1.807) is 11.3 Å². The number of thiophene rings is 1. The van der Waals surface area contributed by atoms with Gasteiger partial charge >= 0.3 is 0 Å². The van der Waals surface area contributed by atoms with Crippen molar-refractivity contribution in [1.82, 2.24) is 0 Å². The van der Waals surface area contributed by atoms with Crippen molar-refractivity contribution >= 4 is 50.5 Å². The zero-order valence-corrected chi connectivity index (χ0v) is 11.5. The summed E-state index contributed by atoms with van der Waals surface area (Å²) in [6.45, 7) is 0. The standard InChI is InChI=1S/C11H7BrCl2S/c12-11(9-5-2-6-15-9)10-7(13)3-1-4-8(10)14/h1-6,11H. The second-order valence-corrected chi connectivity index (χ2v) is 5.72. The summed E-state index contributed by atoms with van der Waals surface area (Å²) in [4.78, 5) is 1.27. The van der Waals surface area contributed by atoms with Gasteiger partial charge in [0, 0.05) is 20.5 Å². The molecule has 0 amide bonds. The van der Waals surface area contributed by atoms with Gasteiger partial charge in [0.25, 0.3) is 0 Å². The van der Waals surface area contributed by atoms with Crippen LogP contribution in [0.1, 0.15) is 15.3 Å². The van der Waals surface area contributed by atoms with Crippen molar-refractivity contribution < 1.29 is 0 Å². The van der Waals surface area contributed by atoms with Crippen molar-refractivity contribution in [2.45, 2.75) is 4.83 Å². The van der Waals surface area contributed by atoms with Gasteiger partial charge in [-0.1, -0.05) is 51.3 Å². The third kappa shape index (κ3) is 2.39. The van der Waals surface area contributed by atoms with E-state index in [2.05, 4.69) is 22.0 Å². The lowest BCUT2D eigenvalue weighted by atomic mass is 10.1. The topological polar surface area (TPSA) is 0 Å². The van der Waals surface area contributed by atoms with Crippen molar-refractivity contribution in [2.75, 3.05) is 0 Å². The Morgan fingerprint density at radius 2 is 1.73 bits per heavy atom. The maximum atomic E-state index is 6.13. The maximum absolute atomic E-state index is 6.13. The monoisotopic (exact) mass is 320 g/mol. The lowest BCUT2D eigenvalue weighted by Gasteiger charge is -2.11. The van der Waals surface area contributed by atoms with Crippen molar-refractivity contribution in [2.24, 2.45) is 0 Å². The van der Waals surface area contributed by atoms with Crippen LogP contribution in [0.25, 0.3) is 0 Å². The lowest BCUT2D eigenvalue weighted by molar-refractivity contribution is 1.23. The summed E-state index contributed by atoms with van der Waals surface area (Å²) in [5.41, 5.74) is 0.934. The highest BCUT2D eigenvalue weighted by Gasteiger charge is 2.17.